The molecule has 0 saturated carbocycles. The molecular weight excluding hydrogens is 228 g/mol. The number of hydrogen-bond acceptors (Lipinski definition) is 5. The molecule has 2 rings (SSSR count). The van der Waals surface area contributed by atoms with E-state index >= 15 is 0 Å². The molecule has 1 N–H and O–H groups in total. The highest BCUT2D eigenvalue weighted by atomic mass is 16.4. The summed E-state index contributed by atoms with van der Waals surface area (Å²) in [5.74, 6) is 2.76. The number of rotatable bonds is 5. The number of aryl methyl sites for hydroxylation is 1. The van der Waals surface area contributed by atoms with Gasteiger partial charge in [0.25, 0.3) is 0 Å². The fourth-order valence-corrected chi connectivity index (χ4v) is 1.54. The maximum Gasteiger partial charge on any atom is 0.213 e. The SMILES string of the molecule is CCc1cnc(CNc2cc(C(C)C)ncn2)o1. The molecule has 0 aliphatic carbocycles. The molecular formula is C13H18N4O. The molecule has 2 aromatic rings. The van der Waals surface area contributed by atoms with Crippen molar-refractivity contribution in [3.8, 4) is 0 Å². The predicted molar refractivity (Wildman–Crippen MR) is 69.3 cm³/mol. The number of nitrogens with one attached hydrogen (secondary N) is 1. The summed E-state index contributed by atoms with van der Waals surface area (Å²) in [6.45, 7) is 6.78. The monoisotopic (exact) mass is 246 g/mol. The van der Waals surface area contributed by atoms with Gasteiger partial charge in [-0.1, -0.05) is 20.8 Å². The van der Waals surface area contributed by atoms with Crippen LogP contribution in [0.25, 0.3) is 0 Å². The van der Waals surface area contributed by atoms with Gasteiger partial charge in [0.05, 0.1) is 12.7 Å². The van der Waals surface area contributed by atoms with Gasteiger partial charge in [-0.25, -0.2) is 15.0 Å². The first-order valence-corrected chi connectivity index (χ1v) is 6.18. The van der Waals surface area contributed by atoms with E-state index in [2.05, 4.69) is 34.1 Å². The lowest BCUT2D eigenvalue weighted by molar-refractivity contribution is 0.465. The Morgan fingerprint density at radius 3 is 2.78 bits per heavy atom. The van der Waals surface area contributed by atoms with Crippen LogP contribution in [0.1, 0.15) is 44.0 Å². The third-order valence-corrected chi connectivity index (χ3v) is 2.65. The van der Waals surface area contributed by atoms with Gasteiger partial charge in [-0.3, -0.25) is 0 Å². The molecule has 5 heteroatoms. The lowest BCUT2D eigenvalue weighted by Gasteiger charge is -2.07. The van der Waals surface area contributed by atoms with Crippen molar-refractivity contribution < 1.29 is 4.42 Å². The standard InChI is InChI=1S/C13H18N4O/c1-4-10-6-15-13(18-10)7-14-12-5-11(9(2)3)16-8-17-12/h5-6,8-9H,4,7H2,1-3H3,(H,14,16,17). The van der Waals surface area contributed by atoms with Crippen molar-refractivity contribution in [3.63, 3.8) is 0 Å². The van der Waals surface area contributed by atoms with Gasteiger partial charge in [0.15, 0.2) is 0 Å². The van der Waals surface area contributed by atoms with Crippen molar-refractivity contribution in [1.82, 2.24) is 15.0 Å². The lowest BCUT2D eigenvalue weighted by atomic mass is 10.1. The Morgan fingerprint density at radius 1 is 1.28 bits per heavy atom. The minimum Gasteiger partial charge on any atom is -0.444 e. The first-order valence-electron chi connectivity index (χ1n) is 6.18. The Labute approximate surface area is 107 Å². The summed E-state index contributed by atoms with van der Waals surface area (Å²) < 4.78 is 5.52. The highest BCUT2D eigenvalue weighted by Gasteiger charge is 2.05. The molecule has 0 aliphatic rings. The summed E-state index contributed by atoms with van der Waals surface area (Å²) in [6.07, 6.45) is 4.19. The second kappa shape index (κ2) is 5.62. The fraction of sp³-hybridized carbons (Fsp3) is 0.462. The third kappa shape index (κ3) is 3.06. The Kier molecular flexibility index (Phi) is 3.92. The highest BCUT2D eigenvalue weighted by Crippen LogP contribution is 2.14. The Balaban J connectivity index is 1.99. The van der Waals surface area contributed by atoms with E-state index in [0.29, 0.717) is 18.4 Å². The van der Waals surface area contributed by atoms with Crippen molar-refractivity contribution in [2.45, 2.75) is 39.7 Å². The molecule has 18 heavy (non-hydrogen) atoms. The molecule has 2 aromatic heterocycles. The van der Waals surface area contributed by atoms with Gasteiger partial charge in [-0.05, 0) is 5.92 Å². The third-order valence-electron chi connectivity index (χ3n) is 2.65. The maximum atomic E-state index is 5.52. The molecule has 0 spiro atoms. The molecule has 0 radical (unpaired) electrons. The van der Waals surface area contributed by atoms with E-state index < -0.39 is 0 Å². The zero-order valence-corrected chi connectivity index (χ0v) is 11.0. The van der Waals surface area contributed by atoms with Gasteiger partial charge in [-0.2, -0.15) is 0 Å². The average Bonchev–Trinajstić information content (AvgIpc) is 2.84. The number of anilines is 1. The van der Waals surface area contributed by atoms with Crippen LogP contribution in [-0.4, -0.2) is 15.0 Å². The largest absolute Gasteiger partial charge is 0.444 e. The minimum atomic E-state index is 0.391. The maximum absolute atomic E-state index is 5.52. The van der Waals surface area contributed by atoms with Crippen LogP contribution in [-0.2, 0) is 13.0 Å². The smallest absolute Gasteiger partial charge is 0.213 e. The lowest BCUT2D eigenvalue weighted by Crippen LogP contribution is -2.03. The molecule has 2 heterocycles. The second-order valence-electron chi connectivity index (χ2n) is 4.41. The topological polar surface area (TPSA) is 63.8 Å². The summed E-state index contributed by atoms with van der Waals surface area (Å²) >= 11 is 0. The van der Waals surface area contributed by atoms with Crippen molar-refractivity contribution in [3.05, 3.63) is 35.9 Å². The predicted octanol–water partition coefficient (Wildman–Crippen LogP) is 2.76. The van der Waals surface area contributed by atoms with E-state index in [1.165, 1.54) is 0 Å². The van der Waals surface area contributed by atoms with Gasteiger partial charge >= 0.3 is 0 Å². The molecule has 0 fully saturated rings. The first-order chi connectivity index (χ1) is 8.69. The molecule has 5 nitrogen and oxygen atoms in total. The van der Waals surface area contributed by atoms with Crippen molar-refractivity contribution in [2.75, 3.05) is 5.32 Å². The fourth-order valence-electron chi connectivity index (χ4n) is 1.54. The quantitative estimate of drug-likeness (QED) is 0.878. The van der Waals surface area contributed by atoms with Crippen LogP contribution in [0, 0.1) is 0 Å². The van der Waals surface area contributed by atoms with Gasteiger partial charge in [0.2, 0.25) is 5.89 Å². The normalized spacial score (nSPS) is 10.9. The van der Waals surface area contributed by atoms with Crippen molar-refractivity contribution >= 4 is 5.82 Å². The van der Waals surface area contributed by atoms with Crippen LogP contribution in [0.15, 0.2) is 23.0 Å². The Morgan fingerprint density at radius 2 is 2.11 bits per heavy atom. The molecule has 0 aliphatic heterocycles. The number of nitrogens with zero attached hydrogens (tertiary/aromatic N) is 3. The van der Waals surface area contributed by atoms with E-state index in [9.17, 15) is 0 Å². The molecule has 0 bridgehead atoms. The summed E-state index contributed by atoms with van der Waals surface area (Å²) in [5.41, 5.74) is 1.02. The van der Waals surface area contributed by atoms with Crippen LogP contribution in [0.3, 0.4) is 0 Å². The number of hydrogen-bond donors (Lipinski definition) is 1. The molecule has 96 valence electrons. The van der Waals surface area contributed by atoms with Crippen LogP contribution in [0.5, 0.6) is 0 Å². The van der Waals surface area contributed by atoms with E-state index in [1.807, 2.05) is 13.0 Å². The summed E-state index contributed by atoms with van der Waals surface area (Å²) in [4.78, 5) is 12.6. The summed E-state index contributed by atoms with van der Waals surface area (Å²) in [7, 11) is 0. The summed E-state index contributed by atoms with van der Waals surface area (Å²) in [5, 5.41) is 3.19. The van der Waals surface area contributed by atoms with Crippen LogP contribution in [0.2, 0.25) is 0 Å². The van der Waals surface area contributed by atoms with Gasteiger partial charge < -0.3 is 9.73 Å². The first kappa shape index (κ1) is 12.5. The van der Waals surface area contributed by atoms with E-state index in [0.717, 1.165) is 23.7 Å². The molecule has 0 aromatic carbocycles. The average molecular weight is 246 g/mol. The van der Waals surface area contributed by atoms with Gasteiger partial charge in [-0.15, -0.1) is 0 Å². The van der Waals surface area contributed by atoms with E-state index in [1.54, 1.807) is 12.5 Å². The number of oxazole rings is 1. The van der Waals surface area contributed by atoms with Crippen LogP contribution in [0.4, 0.5) is 5.82 Å². The van der Waals surface area contributed by atoms with Crippen LogP contribution >= 0.6 is 0 Å². The minimum absolute atomic E-state index is 0.391. The molecule has 0 amide bonds. The van der Waals surface area contributed by atoms with Crippen LogP contribution < -0.4 is 5.32 Å². The zero-order valence-electron chi connectivity index (χ0n) is 11.0. The molecule has 0 atom stereocenters. The van der Waals surface area contributed by atoms with Crippen molar-refractivity contribution in [1.29, 1.82) is 0 Å². The Bertz CT molecular complexity index is 507. The van der Waals surface area contributed by atoms with Crippen molar-refractivity contribution in [2.24, 2.45) is 0 Å². The molecule has 0 unspecified atom stereocenters. The van der Waals surface area contributed by atoms with E-state index in [4.69, 9.17) is 4.42 Å². The Hall–Kier alpha value is -1.91. The molecule has 0 saturated heterocycles. The second-order valence-corrected chi connectivity index (χ2v) is 4.41. The zero-order chi connectivity index (χ0) is 13.0. The number of aromatic nitrogens is 3. The van der Waals surface area contributed by atoms with Gasteiger partial charge in [0.1, 0.15) is 17.9 Å². The van der Waals surface area contributed by atoms with Gasteiger partial charge in [0, 0.05) is 18.2 Å². The highest BCUT2D eigenvalue weighted by molar-refractivity contribution is 5.35. The summed E-state index contributed by atoms with van der Waals surface area (Å²) in [6, 6.07) is 1.95. The van der Waals surface area contributed by atoms with E-state index in [-0.39, 0.29) is 0 Å².